The topological polar surface area (TPSA) is 56.1 Å². The molecule has 0 radical (unpaired) electrons. The molecule has 0 saturated carbocycles. The fraction of sp³-hybridized carbons (Fsp3) is 0.100. The zero-order valence-electron chi connectivity index (χ0n) is 13.9. The van der Waals surface area contributed by atoms with Crippen molar-refractivity contribution in [3.05, 3.63) is 76.5 Å². The van der Waals surface area contributed by atoms with Crippen LogP contribution in [0.1, 0.15) is 11.1 Å². The van der Waals surface area contributed by atoms with Crippen LogP contribution in [0.5, 0.6) is 5.75 Å². The van der Waals surface area contributed by atoms with Gasteiger partial charge in [-0.15, -0.1) is 0 Å². The van der Waals surface area contributed by atoms with Crippen LogP contribution in [0.2, 0.25) is 0 Å². The number of halogens is 1. The number of rotatable bonds is 4. The van der Waals surface area contributed by atoms with Crippen molar-refractivity contribution in [2.45, 2.75) is 6.42 Å². The van der Waals surface area contributed by atoms with Gasteiger partial charge in [0.25, 0.3) is 0 Å². The van der Waals surface area contributed by atoms with Gasteiger partial charge in [0.1, 0.15) is 5.75 Å². The van der Waals surface area contributed by atoms with Crippen molar-refractivity contribution in [2.75, 3.05) is 11.9 Å². The molecule has 6 heteroatoms. The molecule has 2 heterocycles. The van der Waals surface area contributed by atoms with Crippen molar-refractivity contribution >= 4 is 33.6 Å². The molecular weight excluding hydrogens is 394 g/mol. The van der Waals surface area contributed by atoms with Gasteiger partial charge in [-0.3, -0.25) is 4.79 Å². The van der Waals surface area contributed by atoms with Crippen molar-refractivity contribution in [3.8, 4) is 11.4 Å². The van der Waals surface area contributed by atoms with Crippen molar-refractivity contribution in [1.29, 1.82) is 0 Å². The van der Waals surface area contributed by atoms with Gasteiger partial charge in [-0.05, 0) is 53.6 Å². The SMILES string of the molecule is O=C(C=Cc1ccc2c(c1)CCO2)Nc1cc(Br)ccc1-n1cccn1. The molecule has 0 atom stereocenters. The monoisotopic (exact) mass is 409 g/mol. The molecule has 0 fully saturated rings. The van der Waals surface area contributed by atoms with Crippen LogP contribution in [0.25, 0.3) is 11.8 Å². The summed E-state index contributed by atoms with van der Waals surface area (Å²) in [6, 6.07) is 13.5. The van der Waals surface area contributed by atoms with Gasteiger partial charge in [-0.1, -0.05) is 22.0 Å². The first kappa shape index (κ1) is 16.6. The predicted octanol–water partition coefficient (Wildman–Crippen LogP) is 4.22. The molecular formula is C20H16BrN3O2. The number of hydrogen-bond donors (Lipinski definition) is 1. The van der Waals surface area contributed by atoms with Crippen LogP contribution in [0.3, 0.4) is 0 Å². The van der Waals surface area contributed by atoms with Crippen molar-refractivity contribution in [3.63, 3.8) is 0 Å². The third-order valence-corrected chi connectivity index (χ3v) is 4.60. The molecule has 0 unspecified atom stereocenters. The first-order chi connectivity index (χ1) is 12.7. The standard InChI is InChI=1S/C20H16BrN3O2/c21-16-4-5-18(24-10-1-9-22-24)17(13-16)23-20(25)7-3-14-2-6-19-15(12-14)8-11-26-19/h1-7,9-10,12-13H,8,11H2,(H,23,25). The molecule has 0 spiro atoms. The lowest BCUT2D eigenvalue weighted by molar-refractivity contribution is -0.111. The smallest absolute Gasteiger partial charge is 0.248 e. The zero-order valence-corrected chi connectivity index (χ0v) is 15.4. The highest BCUT2D eigenvalue weighted by Gasteiger charge is 2.11. The number of nitrogens with zero attached hydrogens (tertiary/aromatic N) is 2. The normalized spacial score (nSPS) is 12.8. The summed E-state index contributed by atoms with van der Waals surface area (Å²) < 4.78 is 8.10. The van der Waals surface area contributed by atoms with Gasteiger partial charge in [0.05, 0.1) is 18.0 Å². The van der Waals surface area contributed by atoms with E-state index in [0.29, 0.717) is 5.69 Å². The Balaban J connectivity index is 1.52. The van der Waals surface area contributed by atoms with Crippen LogP contribution in [0, 0.1) is 0 Å². The number of anilines is 1. The van der Waals surface area contributed by atoms with Crippen LogP contribution in [-0.4, -0.2) is 22.3 Å². The molecule has 26 heavy (non-hydrogen) atoms. The Bertz CT molecular complexity index is 981. The maximum absolute atomic E-state index is 12.4. The van der Waals surface area contributed by atoms with Crippen LogP contribution in [-0.2, 0) is 11.2 Å². The van der Waals surface area contributed by atoms with Crippen LogP contribution in [0.15, 0.2) is 65.4 Å². The highest BCUT2D eigenvalue weighted by molar-refractivity contribution is 9.10. The van der Waals surface area contributed by atoms with Crippen LogP contribution in [0.4, 0.5) is 5.69 Å². The quantitative estimate of drug-likeness (QED) is 0.656. The van der Waals surface area contributed by atoms with Gasteiger partial charge < -0.3 is 10.1 Å². The Morgan fingerprint density at radius 3 is 3.04 bits per heavy atom. The van der Waals surface area contributed by atoms with E-state index in [0.717, 1.165) is 34.5 Å². The third-order valence-electron chi connectivity index (χ3n) is 4.11. The lowest BCUT2D eigenvalue weighted by atomic mass is 10.1. The molecule has 1 amide bonds. The van der Waals surface area contributed by atoms with Crippen LogP contribution < -0.4 is 10.1 Å². The van der Waals surface area contributed by atoms with Gasteiger partial charge in [-0.2, -0.15) is 5.10 Å². The Morgan fingerprint density at radius 1 is 1.27 bits per heavy atom. The number of carbonyl (C=O) groups is 1. The van der Waals surface area contributed by atoms with Crippen LogP contribution >= 0.6 is 15.9 Å². The second-order valence-corrected chi connectivity index (χ2v) is 6.82. The minimum absolute atomic E-state index is 0.201. The second kappa shape index (κ2) is 7.17. The maximum Gasteiger partial charge on any atom is 0.248 e. The van der Waals surface area contributed by atoms with E-state index in [4.69, 9.17) is 4.74 Å². The average molecular weight is 410 g/mol. The lowest BCUT2D eigenvalue weighted by Gasteiger charge is -2.10. The lowest BCUT2D eigenvalue weighted by Crippen LogP contribution is -2.11. The third kappa shape index (κ3) is 3.55. The molecule has 0 bridgehead atoms. The molecule has 1 aliphatic heterocycles. The molecule has 130 valence electrons. The summed E-state index contributed by atoms with van der Waals surface area (Å²) in [6.45, 7) is 0.724. The molecule has 5 nitrogen and oxygen atoms in total. The number of carbonyl (C=O) groups excluding carboxylic acids is 1. The van der Waals surface area contributed by atoms with E-state index in [1.54, 1.807) is 17.0 Å². The van der Waals surface area contributed by atoms with E-state index in [9.17, 15) is 4.79 Å². The number of ether oxygens (including phenoxy) is 1. The fourth-order valence-electron chi connectivity index (χ4n) is 2.88. The van der Waals surface area contributed by atoms with Gasteiger partial charge >= 0.3 is 0 Å². The molecule has 3 aromatic rings. The second-order valence-electron chi connectivity index (χ2n) is 5.90. The number of hydrogen-bond acceptors (Lipinski definition) is 3. The predicted molar refractivity (Wildman–Crippen MR) is 105 cm³/mol. The highest BCUT2D eigenvalue weighted by Crippen LogP contribution is 2.27. The summed E-state index contributed by atoms with van der Waals surface area (Å²) in [5.41, 5.74) is 3.64. The van der Waals surface area contributed by atoms with E-state index < -0.39 is 0 Å². The number of fused-ring (bicyclic) bond motifs is 1. The van der Waals surface area contributed by atoms with E-state index in [1.807, 2.05) is 42.6 Å². The summed E-state index contributed by atoms with van der Waals surface area (Å²) in [5.74, 6) is 0.734. The largest absolute Gasteiger partial charge is 0.493 e. The number of aromatic nitrogens is 2. The van der Waals surface area contributed by atoms with Crippen molar-refractivity contribution in [2.24, 2.45) is 0 Å². The fourth-order valence-corrected chi connectivity index (χ4v) is 3.24. The van der Waals surface area contributed by atoms with E-state index in [2.05, 4.69) is 32.4 Å². The van der Waals surface area contributed by atoms with Crippen molar-refractivity contribution in [1.82, 2.24) is 9.78 Å². The Kier molecular flexibility index (Phi) is 4.58. The molecule has 1 aromatic heterocycles. The molecule has 1 aliphatic rings. The molecule has 0 saturated heterocycles. The minimum Gasteiger partial charge on any atom is -0.493 e. The Morgan fingerprint density at radius 2 is 2.19 bits per heavy atom. The Hall–Kier alpha value is -2.86. The summed E-state index contributed by atoms with van der Waals surface area (Å²) in [6.07, 6.45) is 7.78. The molecule has 1 N–H and O–H groups in total. The summed E-state index contributed by atoms with van der Waals surface area (Å²) >= 11 is 3.44. The maximum atomic E-state index is 12.4. The highest BCUT2D eigenvalue weighted by atomic mass is 79.9. The molecule has 4 rings (SSSR count). The summed E-state index contributed by atoms with van der Waals surface area (Å²) in [5, 5.41) is 7.15. The first-order valence-electron chi connectivity index (χ1n) is 8.23. The number of amides is 1. The van der Waals surface area contributed by atoms with E-state index in [1.165, 1.54) is 11.6 Å². The van der Waals surface area contributed by atoms with Gasteiger partial charge in [0.15, 0.2) is 0 Å². The number of benzene rings is 2. The zero-order chi connectivity index (χ0) is 17.9. The van der Waals surface area contributed by atoms with E-state index in [-0.39, 0.29) is 5.91 Å². The van der Waals surface area contributed by atoms with Gasteiger partial charge in [0.2, 0.25) is 5.91 Å². The molecule has 2 aromatic carbocycles. The minimum atomic E-state index is -0.201. The van der Waals surface area contributed by atoms with E-state index >= 15 is 0 Å². The average Bonchev–Trinajstić information content (AvgIpc) is 3.31. The van der Waals surface area contributed by atoms with Gasteiger partial charge in [0, 0.05) is 29.4 Å². The summed E-state index contributed by atoms with van der Waals surface area (Å²) in [7, 11) is 0. The summed E-state index contributed by atoms with van der Waals surface area (Å²) in [4.78, 5) is 12.4. The van der Waals surface area contributed by atoms with Crippen molar-refractivity contribution < 1.29 is 9.53 Å². The van der Waals surface area contributed by atoms with Gasteiger partial charge in [-0.25, -0.2) is 4.68 Å². The number of nitrogens with one attached hydrogen (secondary N) is 1. The first-order valence-corrected chi connectivity index (χ1v) is 9.03. The molecule has 0 aliphatic carbocycles. The Labute approximate surface area is 159 Å².